The Bertz CT molecular complexity index is 474. The highest BCUT2D eigenvalue weighted by Gasteiger charge is 2.23. The van der Waals surface area contributed by atoms with E-state index in [-0.39, 0.29) is 5.91 Å². The van der Waals surface area contributed by atoms with Gasteiger partial charge in [0.15, 0.2) is 0 Å². The van der Waals surface area contributed by atoms with Crippen LogP contribution in [0.15, 0.2) is 24.3 Å². The molecule has 1 aromatic carbocycles. The van der Waals surface area contributed by atoms with E-state index in [4.69, 9.17) is 11.6 Å². The summed E-state index contributed by atoms with van der Waals surface area (Å²) in [6.07, 6.45) is 1.12. The highest BCUT2D eigenvalue weighted by atomic mass is 35.5. The number of benzene rings is 1. The molecule has 0 aliphatic carbocycles. The van der Waals surface area contributed by atoms with Crippen LogP contribution in [0.1, 0.15) is 18.9 Å². The Balaban J connectivity index is 1.89. The molecular formula is C16H24ClN3O. The molecule has 2 rings (SSSR count). The molecular weight excluding hydrogens is 286 g/mol. The molecule has 21 heavy (non-hydrogen) atoms. The third kappa shape index (κ3) is 4.70. The van der Waals surface area contributed by atoms with Crippen molar-refractivity contribution in [1.29, 1.82) is 0 Å². The van der Waals surface area contributed by atoms with E-state index in [2.05, 4.69) is 17.1 Å². The lowest BCUT2D eigenvalue weighted by Crippen LogP contribution is -2.44. The number of halogens is 1. The van der Waals surface area contributed by atoms with Gasteiger partial charge in [0, 0.05) is 31.2 Å². The maximum Gasteiger partial charge on any atom is 0.236 e. The second kappa shape index (κ2) is 7.78. The summed E-state index contributed by atoms with van der Waals surface area (Å²) in [7, 11) is 1.85. The van der Waals surface area contributed by atoms with Crippen molar-refractivity contribution in [3.05, 3.63) is 34.9 Å². The number of likely N-dealkylation sites (N-methyl/N-ethyl adjacent to an activating group) is 2. The molecule has 5 heteroatoms. The van der Waals surface area contributed by atoms with Gasteiger partial charge in [-0.2, -0.15) is 0 Å². The molecule has 1 aliphatic rings. The number of carbonyl (C=O) groups excluding carboxylic acids is 1. The minimum Gasteiger partial charge on any atom is -0.340 e. The first-order valence-corrected chi connectivity index (χ1v) is 7.91. The summed E-state index contributed by atoms with van der Waals surface area (Å²) < 4.78 is 0. The first-order chi connectivity index (χ1) is 10.1. The molecule has 1 aliphatic heterocycles. The van der Waals surface area contributed by atoms with Crippen molar-refractivity contribution in [2.75, 3.05) is 33.2 Å². The Morgan fingerprint density at radius 1 is 1.48 bits per heavy atom. The predicted octanol–water partition coefficient (Wildman–Crippen LogP) is 1.98. The van der Waals surface area contributed by atoms with Gasteiger partial charge in [0.1, 0.15) is 0 Å². The number of amides is 1. The van der Waals surface area contributed by atoms with Gasteiger partial charge in [0.2, 0.25) is 5.91 Å². The summed E-state index contributed by atoms with van der Waals surface area (Å²) in [4.78, 5) is 16.4. The molecule has 0 radical (unpaired) electrons. The quantitative estimate of drug-likeness (QED) is 0.873. The number of hydrogen-bond donors (Lipinski definition) is 1. The molecule has 1 atom stereocenters. The summed E-state index contributed by atoms with van der Waals surface area (Å²) in [6, 6.07) is 8.15. The SMILES string of the molecule is CCN(CC(=O)N(C)Cc1cccc(Cl)c1)C1CCNC1. The standard InChI is InChI=1S/C16H24ClN3O/c1-3-20(15-7-8-18-10-15)12-16(21)19(2)11-13-5-4-6-14(17)9-13/h4-6,9,15,18H,3,7-8,10-12H2,1-2H3. The maximum absolute atomic E-state index is 12.4. The molecule has 4 nitrogen and oxygen atoms in total. The highest BCUT2D eigenvalue weighted by Crippen LogP contribution is 2.13. The zero-order valence-corrected chi connectivity index (χ0v) is 13.6. The van der Waals surface area contributed by atoms with Crippen LogP contribution in [-0.2, 0) is 11.3 Å². The van der Waals surface area contributed by atoms with Crippen molar-refractivity contribution >= 4 is 17.5 Å². The van der Waals surface area contributed by atoms with Crippen LogP contribution in [0.2, 0.25) is 5.02 Å². The smallest absolute Gasteiger partial charge is 0.236 e. The Morgan fingerprint density at radius 2 is 2.29 bits per heavy atom. The van der Waals surface area contributed by atoms with Crippen molar-refractivity contribution in [3.63, 3.8) is 0 Å². The van der Waals surface area contributed by atoms with Gasteiger partial charge in [-0.05, 0) is 37.2 Å². The van der Waals surface area contributed by atoms with Gasteiger partial charge in [0.05, 0.1) is 6.54 Å². The molecule has 0 aromatic heterocycles. The molecule has 1 amide bonds. The van der Waals surface area contributed by atoms with Crippen LogP contribution >= 0.6 is 11.6 Å². The average Bonchev–Trinajstić information content (AvgIpc) is 2.98. The lowest BCUT2D eigenvalue weighted by atomic mass is 10.2. The molecule has 116 valence electrons. The van der Waals surface area contributed by atoms with Gasteiger partial charge in [0.25, 0.3) is 0 Å². The fourth-order valence-corrected chi connectivity index (χ4v) is 2.95. The zero-order chi connectivity index (χ0) is 15.2. The summed E-state index contributed by atoms with van der Waals surface area (Å²) in [6.45, 7) is 6.14. The van der Waals surface area contributed by atoms with Gasteiger partial charge in [-0.1, -0.05) is 30.7 Å². The van der Waals surface area contributed by atoms with Gasteiger partial charge < -0.3 is 10.2 Å². The molecule has 0 saturated carbocycles. The monoisotopic (exact) mass is 309 g/mol. The molecule has 1 unspecified atom stereocenters. The molecule has 0 bridgehead atoms. The van der Waals surface area contributed by atoms with Gasteiger partial charge in [-0.25, -0.2) is 0 Å². The lowest BCUT2D eigenvalue weighted by molar-refractivity contribution is -0.132. The molecule has 1 saturated heterocycles. The van der Waals surface area contributed by atoms with E-state index < -0.39 is 0 Å². The van der Waals surface area contributed by atoms with Crippen molar-refractivity contribution in [3.8, 4) is 0 Å². The van der Waals surface area contributed by atoms with Crippen LogP contribution < -0.4 is 5.32 Å². The Hall–Kier alpha value is -1.10. The fraction of sp³-hybridized carbons (Fsp3) is 0.562. The lowest BCUT2D eigenvalue weighted by Gasteiger charge is -2.28. The van der Waals surface area contributed by atoms with E-state index in [0.717, 1.165) is 31.6 Å². The Labute approximate surface area is 132 Å². The van der Waals surface area contributed by atoms with Crippen molar-refractivity contribution < 1.29 is 4.79 Å². The van der Waals surface area contributed by atoms with Crippen LogP contribution in [0.3, 0.4) is 0 Å². The normalized spacial score (nSPS) is 18.2. The number of carbonyl (C=O) groups is 1. The summed E-state index contributed by atoms with van der Waals surface area (Å²) in [5.74, 6) is 0.156. The van der Waals surface area contributed by atoms with Gasteiger partial charge in [-0.3, -0.25) is 9.69 Å². The van der Waals surface area contributed by atoms with Crippen LogP contribution in [0.25, 0.3) is 0 Å². The zero-order valence-electron chi connectivity index (χ0n) is 12.8. The maximum atomic E-state index is 12.4. The number of nitrogens with zero attached hydrogens (tertiary/aromatic N) is 2. The third-order valence-electron chi connectivity index (χ3n) is 4.03. The molecule has 0 spiro atoms. The highest BCUT2D eigenvalue weighted by molar-refractivity contribution is 6.30. The topological polar surface area (TPSA) is 35.6 Å². The van der Waals surface area contributed by atoms with Crippen molar-refractivity contribution in [2.45, 2.75) is 25.9 Å². The first-order valence-electron chi connectivity index (χ1n) is 7.53. The van der Waals surface area contributed by atoms with E-state index >= 15 is 0 Å². The molecule has 1 N–H and O–H groups in total. The van der Waals surface area contributed by atoms with E-state index in [9.17, 15) is 4.79 Å². The number of rotatable bonds is 6. The summed E-state index contributed by atoms with van der Waals surface area (Å²) >= 11 is 5.98. The Kier molecular flexibility index (Phi) is 6.03. The van der Waals surface area contributed by atoms with Gasteiger partial charge >= 0.3 is 0 Å². The average molecular weight is 310 g/mol. The minimum absolute atomic E-state index is 0.156. The second-order valence-electron chi connectivity index (χ2n) is 5.59. The van der Waals surface area contributed by atoms with Gasteiger partial charge in [-0.15, -0.1) is 0 Å². The van der Waals surface area contributed by atoms with Crippen LogP contribution in [0.5, 0.6) is 0 Å². The number of hydrogen-bond acceptors (Lipinski definition) is 3. The van der Waals surface area contributed by atoms with Crippen molar-refractivity contribution in [1.82, 2.24) is 15.1 Å². The molecule has 1 fully saturated rings. The van der Waals surface area contributed by atoms with Crippen LogP contribution in [0, 0.1) is 0 Å². The third-order valence-corrected chi connectivity index (χ3v) is 4.26. The Morgan fingerprint density at radius 3 is 2.90 bits per heavy atom. The molecule has 1 aromatic rings. The van der Waals surface area contributed by atoms with Crippen LogP contribution in [-0.4, -0.2) is 55.0 Å². The fourth-order valence-electron chi connectivity index (χ4n) is 2.74. The second-order valence-corrected chi connectivity index (χ2v) is 6.03. The van der Waals surface area contributed by atoms with Crippen molar-refractivity contribution in [2.24, 2.45) is 0 Å². The summed E-state index contributed by atoms with van der Waals surface area (Å²) in [5, 5.41) is 4.06. The largest absolute Gasteiger partial charge is 0.340 e. The molecule has 1 heterocycles. The predicted molar refractivity (Wildman–Crippen MR) is 86.4 cm³/mol. The number of nitrogens with one attached hydrogen (secondary N) is 1. The van der Waals surface area contributed by atoms with E-state index in [1.54, 1.807) is 4.90 Å². The first kappa shape index (κ1) is 16.3. The van der Waals surface area contributed by atoms with E-state index in [1.807, 2.05) is 31.3 Å². The van der Waals surface area contributed by atoms with E-state index in [1.165, 1.54) is 0 Å². The van der Waals surface area contributed by atoms with E-state index in [0.29, 0.717) is 24.2 Å². The minimum atomic E-state index is 0.156. The summed E-state index contributed by atoms with van der Waals surface area (Å²) in [5.41, 5.74) is 1.06. The van der Waals surface area contributed by atoms with Crippen LogP contribution in [0.4, 0.5) is 0 Å².